The Bertz CT molecular complexity index is 847. The van der Waals surface area contributed by atoms with Crippen LogP contribution in [0.15, 0.2) is 60.7 Å². The van der Waals surface area contributed by atoms with Gasteiger partial charge in [0.2, 0.25) is 0 Å². The van der Waals surface area contributed by atoms with Crippen molar-refractivity contribution in [1.82, 2.24) is 10.2 Å². The molecule has 0 aromatic heterocycles. The normalized spacial score (nSPS) is 22.5. The summed E-state index contributed by atoms with van der Waals surface area (Å²) in [5.41, 5.74) is 1.91. The second-order valence-electron chi connectivity index (χ2n) is 8.07. The van der Waals surface area contributed by atoms with Gasteiger partial charge in [-0.2, -0.15) is 0 Å². The van der Waals surface area contributed by atoms with Crippen molar-refractivity contribution in [3.8, 4) is 0 Å². The molecule has 2 fully saturated rings. The van der Waals surface area contributed by atoms with E-state index in [0.29, 0.717) is 19.8 Å². The molecule has 0 saturated carbocycles. The highest BCUT2D eigenvalue weighted by Crippen LogP contribution is 2.32. The summed E-state index contributed by atoms with van der Waals surface area (Å²) in [7, 11) is 0. The van der Waals surface area contributed by atoms with Crippen LogP contribution in [0.5, 0.6) is 0 Å². The van der Waals surface area contributed by atoms with E-state index >= 15 is 0 Å². The van der Waals surface area contributed by atoms with Crippen LogP contribution in [-0.2, 0) is 27.4 Å². The summed E-state index contributed by atoms with van der Waals surface area (Å²) in [6.45, 7) is 2.01. The van der Waals surface area contributed by atoms with E-state index in [4.69, 9.17) is 14.2 Å². The molecule has 2 aromatic carbocycles. The molecule has 7 nitrogen and oxygen atoms in total. The molecule has 2 aliphatic rings. The fourth-order valence-corrected chi connectivity index (χ4v) is 4.29. The zero-order valence-electron chi connectivity index (χ0n) is 17.4. The van der Waals surface area contributed by atoms with Crippen LogP contribution in [0.2, 0.25) is 0 Å². The lowest BCUT2D eigenvalue weighted by Gasteiger charge is -2.47. The topological polar surface area (TPSA) is 77.1 Å². The third kappa shape index (κ3) is 5.76. The fourth-order valence-electron chi connectivity index (χ4n) is 4.29. The van der Waals surface area contributed by atoms with Gasteiger partial charge in [0.15, 0.2) is 0 Å². The van der Waals surface area contributed by atoms with Gasteiger partial charge in [-0.25, -0.2) is 9.59 Å². The minimum absolute atomic E-state index is 0.0390. The number of nitrogens with one attached hydrogen (secondary N) is 1. The molecule has 0 spiro atoms. The Morgan fingerprint density at radius 1 is 0.871 bits per heavy atom. The van der Waals surface area contributed by atoms with Crippen LogP contribution in [0.1, 0.15) is 24.0 Å². The van der Waals surface area contributed by atoms with E-state index in [9.17, 15) is 9.59 Å². The number of hydrogen-bond donors (Lipinski definition) is 1. The van der Waals surface area contributed by atoms with Crippen molar-refractivity contribution in [2.75, 3.05) is 19.8 Å². The minimum atomic E-state index is -0.421. The van der Waals surface area contributed by atoms with Crippen LogP contribution < -0.4 is 5.32 Å². The maximum atomic E-state index is 12.7. The number of piperidine rings is 1. The van der Waals surface area contributed by atoms with Crippen LogP contribution in [0.3, 0.4) is 0 Å². The number of morpholine rings is 1. The number of carbonyl (C=O) groups is 2. The summed E-state index contributed by atoms with van der Waals surface area (Å²) in [6.07, 6.45) is 0.803. The summed E-state index contributed by atoms with van der Waals surface area (Å²) in [6, 6.07) is 19.2. The Morgan fingerprint density at radius 2 is 1.42 bits per heavy atom. The zero-order valence-corrected chi connectivity index (χ0v) is 17.4. The summed E-state index contributed by atoms with van der Waals surface area (Å²) in [4.78, 5) is 26.6. The number of carbonyl (C=O) groups excluding carboxylic acids is 2. The van der Waals surface area contributed by atoms with Crippen LogP contribution in [-0.4, -0.2) is 48.9 Å². The molecule has 4 rings (SSSR count). The Morgan fingerprint density at radius 3 is 2.00 bits per heavy atom. The number of hydrogen-bond acceptors (Lipinski definition) is 5. The SMILES string of the molecule is O=C(NCC1CC2COCC(C1)N2C(=O)OCc1ccccc1)OCc1ccccc1. The largest absolute Gasteiger partial charge is 0.445 e. The second kappa shape index (κ2) is 10.3. The van der Waals surface area contributed by atoms with Crippen molar-refractivity contribution in [2.45, 2.75) is 38.1 Å². The molecule has 1 N–H and O–H groups in total. The molecule has 7 heteroatoms. The van der Waals surface area contributed by atoms with Gasteiger partial charge < -0.3 is 19.5 Å². The lowest BCUT2D eigenvalue weighted by atomic mass is 9.85. The molecule has 2 atom stereocenters. The third-order valence-corrected chi connectivity index (χ3v) is 5.78. The molecular weight excluding hydrogens is 396 g/mol. The highest BCUT2D eigenvalue weighted by molar-refractivity contribution is 5.69. The van der Waals surface area contributed by atoms with Crippen molar-refractivity contribution in [3.05, 3.63) is 71.8 Å². The first kappa shape index (κ1) is 21.2. The first-order chi connectivity index (χ1) is 15.2. The van der Waals surface area contributed by atoms with E-state index in [1.165, 1.54) is 0 Å². The lowest BCUT2D eigenvalue weighted by molar-refractivity contribution is -0.0790. The molecule has 2 amide bonds. The van der Waals surface area contributed by atoms with Crippen LogP contribution >= 0.6 is 0 Å². The Kier molecular flexibility index (Phi) is 7.04. The van der Waals surface area contributed by atoms with Gasteiger partial charge in [-0.3, -0.25) is 4.90 Å². The van der Waals surface area contributed by atoms with Gasteiger partial charge in [0.25, 0.3) is 0 Å². The summed E-state index contributed by atoms with van der Waals surface area (Å²) in [5.74, 6) is 0.265. The number of benzene rings is 2. The number of ether oxygens (including phenoxy) is 3. The van der Waals surface area contributed by atoms with Crippen molar-refractivity contribution in [3.63, 3.8) is 0 Å². The Hall–Kier alpha value is -3.06. The first-order valence-electron chi connectivity index (χ1n) is 10.7. The van der Waals surface area contributed by atoms with Gasteiger partial charge in [-0.1, -0.05) is 60.7 Å². The molecule has 164 valence electrons. The molecule has 2 unspecified atom stereocenters. The molecule has 2 bridgehead atoms. The molecule has 2 aromatic rings. The molecule has 2 aliphatic heterocycles. The molecule has 0 aliphatic carbocycles. The summed E-state index contributed by atoms with van der Waals surface area (Å²) >= 11 is 0. The van der Waals surface area contributed by atoms with Gasteiger partial charge >= 0.3 is 12.2 Å². The molecule has 31 heavy (non-hydrogen) atoms. The van der Waals surface area contributed by atoms with E-state index < -0.39 is 6.09 Å². The number of alkyl carbamates (subject to hydrolysis) is 1. The smallest absolute Gasteiger partial charge is 0.410 e. The van der Waals surface area contributed by atoms with E-state index in [-0.39, 0.29) is 37.3 Å². The molecule has 2 heterocycles. The number of amides is 2. The number of fused-ring (bicyclic) bond motifs is 2. The number of rotatable bonds is 6. The van der Waals surface area contributed by atoms with Crippen molar-refractivity contribution in [2.24, 2.45) is 5.92 Å². The molecule has 2 saturated heterocycles. The monoisotopic (exact) mass is 424 g/mol. The van der Waals surface area contributed by atoms with Gasteiger partial charge in [0.1, 0.15) is 13.2 Å². The van der Waals surface area contributed by atoms with Crippen molar-refractivity contribution >= 4 is 12.2 Å². The Balaban J connectivity index is 1.24. The van der Waals surface area contributed by atoms with E-state index in [2.05, 4.69) is 5.32 Å². The van der Waals surface area contributed by atoms with Crippen molar-refractivity contribution in [1.29, 1.82) is 0 Å². The van der Waals surface area contributed by atoms with Gasteiger partial charge in [0.05, 0.1) is 25.3 Å². The Labute approximate surface area is 182 Å². The summed E-state index contributed by atoms with van der Waals surface area (Å²) < 4.78 is 16.5. The number of nitrogens with zero attached hydrogens (tertiary/aromatic N) is 1. The predicted octanol–water partition coefficient (Wildman–Crippen LogP) is 3.73. The van der Waals surface area contributed by atoms with Crippen molar-refractivity contribution < 1.29 is 23.8 Å². The average molecular weight is 424 g/mol. The van der Waals surface area contributed by atoms with Gasteiger partial charge in [-0.05, 0) is 29.9 Å². The highest BCUT2D eigenvalue weighted by Gasteiger charge is 2.42. The minimum Gasteiger partial charge on any atom is -0.445 e. The fraction of sp³-hybridized carbons (Fsp3) is 0.417. The molecular formula is C24H28N2O5. The van der Waals surface area contributed by atoms with Crippen LogP contribution in [0, 0.1) is 5.92 Å². The molecule has 0 radical (unpaired) electrons. The first-order valence-corrected chi connectivity index (χ1v) is 10.7. The maximum absolute atomic E-state index is 12.7. The van der Waals surface area contributed by atoms with Gasteiger partial charge in [0, 0.05) is 6.54 Å². The highest BCUT2D eigenvalue weighted by atomic mass is 16.6. The quantitative estimate of drug-likeness (QED) is 0.765. The standard InChI is InChI=1S/C24H28N2O5/c27-23(30-14-18-7-3-1-4-8-18)25-13-20-11-21-16-29-17-22(12-20)26(21)24(28)31-15-19-9-5-2-6-10-19/h1-10,20-22H,11-17H2,(H,25,27). The average Bonchev–Trinajstić information content (AvgIpc) is 2.80. The van der Waals surface area contributed by atoms with E-state index in [0.717, 1.165) is 24.0 Å². The third-order valence-electron chi connectivity index (χ3n) is 5.78. The van der Waals surface area contributed by atoms with Crippen LogP contribution in [0.25, 0.3) is 0 Å². The lowest BCUT2D eigenvalue weighted by Crippen LogP contribution is -2.60. The zero-order chi connectivity index (χ0) is 21.5. The second-order valence-corrected chi connectivity index (χ2v) is 8.07. The van der Waals surface area contributed by atoms with Crippen LogP contribution in [0.4, 0.5) is 9.59 Å². The van der Waals surface area contributed by atoms with E-state index in [1.807, 2.05) is 65.6 Å². The summed E-state index contributed by atoms with van der Waals surface area (Å²) in [5, 5.41) is 2.87. The van der Waals surface area contributed by atoms with E-state index in [1.54, 1.807) is 0 Å². The predicted molar refractivity (Wildman–Crippen MR) is 114 cm³/mol. The maximum Gasteiger partial charge on any atom is 0.410 e. The van der Waals surface area contributed by atoms with Gasteiger partial charge in [-0.15, -0.1) is 0 Å².